The molecule has 0 amide bonds. The van der Waals surface area contributed by atoms with Crippen molar-refractivity contribution in [3.8, 4) is 0 Å². The second-order valence-electron chi connectivity index (χ2n) is 4.86. The Morgan fingerprint density at radius 3 is 2.65 bits per heavy atom. The molecule has 0 fully saturated rings. The van der Waals surface area contributed by atoms with Crippen LogP contribution in [0.4, 0.5) is 14.5 Å². The average molecular weight is 291 g/mol. The van der Waals surface area contributed by atoms with Gasteiger partial charge < -0.3 is 5.32 Å². The highest BCUT2D eigenvalue weighted by Crippen LogP contribution is 2.36. The predicted octanol–water partition coefficient (Wildman–Crippen LogP) is 4.75. The summed E-state index contributed by atoms with van der Waals surface area (Å²) in [6, 6.07) is 15.6. The lowest BCUT2D eigenvalue weighted by Gasteiger charge is -2.30. The molecule has 1 nitrogen and oxygen atoms in total. The van der Waals surface area contributed by atoms with Gasteiger partial charge in [-0.05, 0) is 29.7 Å². The molecule has 0 heterocycles. The summed E-state index contributed by atoms with van der Waals surface area (Å²) in [6.45, 7) is 0.790. The topological polar surface area (TPSA) is 12.0 Å². The van der Waals surface area contributed by atoms with Gasteiger partial charge in [-0.25, -0.2) is 0 Å². The number of fused-ring (bicyclic) bond motifs is 1. The van der Waals surface area contributed by atoms with Crippen molar-refractivity contribution in [2.24, 2.45) is 0 Å². The van der Waals surface area contributed by atoms with Crippen LogP contribution in [0.1, 0.15) is 17.0 Å². The molecular weight excluding hydrogens is 276 g/mol. The molecule has 1 N–H and O–H groups in total. The summed E-state index contributed by atoms with van der Waals surface area (Å²) >= 11 is 0.592. The van der Waals surface area contributed by atoms with E-state index < -0.39 is 5.76 Å². The number of para-hydroxylation sites is 1. The van der Waals surface area contributed by atoms with Gasteiger partial charge in [0.15, 0.2) is 0 Å². The molecule has 2 aromatic rings. The molecular formula is C16H15F2NS. The standard InChI is InChI=1S/C16H15F2NS/c17-16(18)20-15-8-4-3-7-14(15)19-10-12-9-11-5-1-2-6-13(11)12/h1-8,12,16,19H,9-10H2. The third-order valence-electron chi connectivity index (χ3n) is 3.60. The molecule has 0 radical (unpaired) electrons. The van der Waals surface area contributed by atoms with Gasteiger partial charge in [0, 0.05) is 23.0 Å². The number of hydrogen-bond donors (Lipinski definition) is 1. The van der Waals surface area contributed by atoms with E-state index in [0.29, 0.717) is 22.6 Å². The second kappa shape index (κ2) is 5.83. The number of hydrogen-bond acceptors (Lipinski definition) is 2. The lowest BCUT2D eigenvalue weighted by Crippen LogP contribution is -2.24. The smallest absolute Gasteiger partial charge is 0.288 e. The first-order chi connectivity index (χ1) is 9.74. The summed E-state index contributed by atoms with van der Waals surface area (Å²) < 4.78 is 25.0. The molecule has 0 aromatic heterocycles. The molecule has 0 aliphatic heterocycles. The third-order valence-corrected chi connectivity index (χ3v) is 4.39. The molecule has 0 saturated carbocycles. The van der Waals surface area contributed by atoms with Gasteiger partial charge in [-0.3, -0.25) is 0 Å². The fourth-order valence-electron chi connectivity index (χ4n) is 2.59. The van der Waals surface area contributed by atoms with E-state index in [1.165, 1.54) is 11.1 Å². The van der Waals surface area contributed by atoms with E-state index in [0.717, 1.165) is 18.7 Å². The number of rotatable bonds is 5. The first-order valence-corrected chi connectivity index (χ1v) is 7.47. The largest absolute Gasteiger partial charge is 0.384 e. The highest BCUT2D eigenvalue weighted by atomic mass is 32.2. The van der Waals surface area contributed by atoms with Crippen LogP contribution in [0.2, 0.25) is 0 Å². The molecule has 4 heteroatoms. The Morgan fingerprint density at radius 1 is 1.10 bits per heavy atom. The molecule has 1 aliphatic rings. The molecule has 1 unspecified atom stereocenters. The first-order valence-electron chi connectivity index (χ1n) is 6.59. The van der Waals surface area contributed by atoms with Gasteiger partial charge in [0.1, 0.15) is 0 Å². The van der Waals surface area contributed by atoms with E-state index in [4.69, 9.17) is 0 Å². The van der Waals surface area contributed by atoms with Crippen LogP contribution in [-0.4, -0.2) is 12.3 Å². The van der Waals surface area contributed by atoms with E-state index in [2.05, 4.69) is 23.5 Å². The Labute approximate surface area is 121 Å². The fraction of sp³-hybridized carbons (Fsp3) is 0.250. The summed E-state index contributed by atoms with van der Waals surface area (Å²) in [5.74, 6) is -1.90. The van der Waals surface area contributed by atoms with Crippen molar-refractivity contribution in [1.29, 1.82) is 0 Å². The minimum Gasteiger partial charge on any atom is -0.384 e. The molecule has 104 valence electrons. The van der Waals surface area contributed by atoms with Crippen LogP contribution in [0.25, 0.3) is 0 Å². The maximum atomic E-state index is 12.5. The van der Waals surface area contributed by atoms with Crippen LogP contribution >= 0.6 is 11.8 Å². The number of halogens is 2. The van der Waals surface area contributed by atoms with E-state index in [9.17, 15) is 8.78 Å². The van der Waals surface area contributed by atoms with E-state index in [-0.39, 0.29) is 0 Å². The zero-order chi connectivity index (χ0) is 13.9. The van der Waals surface area contributed by atoms with Crippen molar-refractivity contribution in [3.63, 3.8) is 0 Å². The Hall–Kier alpha value is -1.55. The van der Waals surface area contributed by atoms with Gasteiger partial charge >= 0.3 is 0 Å². The number of benzene rings is 2. The van der Waals surface area contributed by atoms with Crippen LogP contribution in [-0.2, 0) is 6.42 Å². The van der Waals surface area contributed by atoms with Crippen LogP contribution < -0.4 is 5.32 Å². The molecule has 0 bridgehead atoms. The molecule has 3 rings (SSSR count). The SMILES string of the molecule is FC(F)Sc1ccccc1NCC1Cc2ccccc21. The third kappa shape index (κ3) is 2.80. The summed E-state index contributed by atoms with van der Waals surface area (Å²) in [5.41, 5.74) is 3.57. The van der Waals surface area contributed by atoms with Crippen LogP contribution in [0.3, 0.4) is 0 Å². The molecule has 20 heavy (non-hydrogen) atoms. The Kier molecular flexibility index (Phi) is 3.92. The Balaban J connectivity index is 1.65. The maximum Gasteiger partial charge on any atom is 0.288 e. The monoisotopic (exact) mass is 291 g/mol. The van der Waals surface area contributed by atoms with Crippen molar-refractivity contribution in [1.82, 2.24) is 0 Å². The Bertz CT molecular complexity index is 601. The molecule has 1 atom stereocenters. The van der Waals surface area contributed by atoms with E-state index >= 15 is 0 Å². The summed E-state index contributed by atoms with van der Waals surface area (Å²) in [7, 11) is 0. The zero-order valence-corrected chi connectivity index (χ0v) is 11.7. The maximum absolute atomic E-state index is 12.5. The van der Waals surface area contributed by atoms with Crippen molar-refractivity contribution >= 4 is 17.4 Å². The Morgan fingerprint density at radius 2 is 1.85 bits per heavy atom. The minimum absolute atomic E-state index is 0.482. The summed E-state index contributed by atoms with van der Waals surface area (Å²) in [4.78, 5) is 0.607. The lowest BCUT2D eigenvalue weighted by atomic mass is 9.77. The van der Waals surface area contributed by atoms with Gasteiger partial charge in [-0.15, -0.1) is 0 Å². The van der Waals surface area contributed by atoms with Crippen molar-refractivity contribution in [2.45, 2.75) is 23.0 Å². The number of alkyl halides is 2. The summed E-state index contributed by atoms with van der Waals surface area (Å²) in [6.07, 6.45) is 1.06. The second-order valence-corrected chi connectivity index (χ2v) is 5.89. The number of nitrogens with one attached hydrogen (secondary N) is 1. The first kappa shape index (κ1) is 13.4. The molecule has 2 aromatic carbocycles. The molecule has 0 spiro atoms. The van der Waals surface area contributed by atoms with Gasteiger partial charge in [0.25, 0.3) is 5.76 Å². The van der Waals surface area contributed by atoms with Crippen LogP contribution in [0.15, 0.2) is 53.4 Å². The lowest BCUT2D eigenvalue weighted by molar-refractivity contribution is 0.252. The van der Waals surface area contributed by atoms with Crippen molar-refractivity contribution in [3.05, 3.63) is 59.7 Å². The predicted molar refractivity (Wildman–Crippen MR) is 79.7 cm³/mol. The zero-order valence-electron chi connectivity index (χ0n) is 10.9. The van der Waals surface area contributed by atoms with Gasteiger partial charge in [0.2, 0.25) is 0 Å². The number of anilines is 1. The van der Waals surface area contributed by atoms with Gasteiger partial charge in [0.05, 0.1) is 0 Å². The molecule has 0 saturated heterocycles. The fourth-order valence-corrected chi connectivity index (χ4v) is 3.21. The van der Waals surface area contributed by atoms with Gasteiger partial charge in [-0.1, -0.05) is 48.2 Å². The average Bonchev–Trinajstić information content (AvgIpc) is 2.41. The van der Waals surface area contributed by atoms with Crippen molar-refractivity contribution in [2.75, 3.05) is 11.9 Å². The van der Waals surface area contributed by atoms with Crippen LogP contribution in [0.5, 0.6) is 0 Å². The van der Waals surface area contributed by atoms with E-state index in [1.54, 1.807) is 12.1 Å². The molecule has 1 aliphatic carbocycles. The normalized spacial score (nSPS) is 16.6. The van der Waals surface area contributed by atoms with Gasteiger partial charge in [-0.2, -0.15) is 8.78 Å². The highest BCUT2D eigenvalue weighted by Gasteiger charge is 2.25. The minimum atomic E-state index is -2.39. The number of thioether (sulfide) groups is 1. The summed E-state index contributed by atoms with van der Waals surface area (Å²) in [5, 5.41) is 3.31. The van der Waals surface area contributed by atoms with E-state index in [1.807, 2.05) is 18.2 Å². The quantitative estimate of drug-likeness (QED) is 0.798. The highest BCUT2D eigenvalue weighted by molar-refractivity contribution is 7.99. The van der Waals surface area contributed by atoms with Crippen molar-refractivity contribution < 1.29 is 8.78 Å². The van der Waals surface area contributed by atoms with Crippen LogP contribution in [0, 0.1) is 0 Å².